The van der Waals surface area contributed by atoms with Crippen molar-refractivity contribution in [3.63, 3.8) is 0 Å². The largest absolute Gasteiger partial charge is 0.480 e. The smallest absolute Gasteiger partial charge is 0.350 e. The van der Waals surface area contributed by atoms with Crippen molar-refractivity contribution in [2.45, 2.75) is 12.6 Å². The summed E-state index contributed by atoms with van der Waals surface area (Å²) >= 11 is 0. The number of aliphatic carboxylic acids is 2. The molecule has 0 rings (SSSR count). The van der Waals surface area contributed by atoms with E-state index in [1.165, 1.54) is 0 Å². The van der Waals surface area contributed by atoms with Gasteiger partial charge in [0.15, 0.2) is 0 Å². The van der Waals surface area contributed by atoms with Gasteiger partial charge in [0.25, 0.3) is 0 Å². The predicted octanol–water partition coefficient (Wildman–Crippen LogP) is -1.55. The number of carboxylic acids is 2. The summed E-state index contributed by atoms with van der Waals surface area (Å²) in [5.74, 6) is -2.75. The fourth-order valence-electron chi connectivity index (χ4n) is 0.323. The first-order valence-electron chi connectivity index (χ1n) is 2.79. The number of carboxylic acid groups (broad SMARTS) is 2. The molecule has 0 saturated carbocycles. The number of aliphatic hydroxyl groups is 1. The van der Waals surface area contributed by atoms with Crippen molar-refractivity contribution in [1.29, 1.82) is 0 Å². The Labute approximate surface area is 62.5 Å². The van der Waals surface area contributed by atoms with Crippen LogP contribution in [0, 0.1) is 0 Å². The monoisotopic (exact) mass is 163 g/mol. The van der Waals surface area contributed by atoms with Gasteiger partial charge in [-0.2, -0.15) is 0 Å². The van der Waals surface area contributed by atoms with Crippen molar-refractivity contribution in [3.8, 4) is 0 Å². The van der Waals surface area contributed by atoms with E-state index in [1.807, 2.05) is 5.32 Å². The van der Waals surface area contributed by atoms with Crippen molar-refractivity contribution < 1.29 is 24.9 Å². The number of rotatable bonds is 4. The van der Waals surface area contributed by atoms with Crippen LogP contribution in [-0.2, 0) is 9.59 Å². The van der Waals surface area contributed by atoms with Crippen LogP contribution in [0.2, 0.25) is 0 Å². The minimum Gasteiger partial charge on any atom is -0.480 e. The standard InChI is InChI=1S/C5H9NO5/c1-5(11,4(9)10)6-2-3(7)8/h6,11H,2H2,1H3,(H,7,8)(H,9,10). The highest BCUT2D eigenvalue weighted by Crippen LogP contribution is 1.95. The lowest BCUT2D eigenvalue weighted by molar-refractivity contribution is -0.160. The van der Waals surface area contributed by atoms with E-state index in [4.69, 9.17) is 15.3 Å². The molecule has 0 amide bonds. The molecule has 11 heavy (non-hydrogen) atoms. The van der Waals surface area contributed by atoms with E-state index < -0.39 is 24.2 Å². The maximum Gasteiger partial charge on any atom is 0.350 e. The van der Waals surface area contributed by atoms with Gasteiger partial charge in [-0.15, -0.1) is 0 Å². The van der Waals surface area contributed by atoms with Crippen LogP contribution in [0.3, 0.4) is 0 Å². The SMILES string of the molecule is CC(O)(NCC(=O)O)C(=O)O. The first kappa shape index (κ1) is 9.86. The van der Waals surface area contributed by atoms with Crippen LogP contribution in [0.25, 0.3) is 0 Å². The Bertz CT molecular complexity index is 176. The van der Waals surface area contributed by atoms with Gasteiger partial charge in [0, 0.05) is 0 Å². The average molecular weight is 163 g/mol. The summed E-state index contributed by atoms with van der Waals surface area (Å²) in [5, 5.41) is 27.1. The Morgan fingerprint density at radius 2 is 1.91 bits per heavy atom. The molecule has 0 bridgehead atoms. The van der Waals surface area contributed by atoms with Crippen LogP contribution < -0.4 is 5.32 Å². The Hall–Kier alpha value is -1.14. The number of carbonyl (C=O) groups is 2. The molecule has 0 aliphatic heterocycles. The van der Waals surface area contributed by atoms with Gasteiger partial charge >= 0.3 is 11.9 Å². The fourth-order valence-corrected chi connectivity index (χ4v) is 0.323. The average Bonchev–Trinajstić information content (AvgIpc) is 1.84. The van der Waals surface area contributed by atoms with Crippen molar-refractivity contribution >= 4 is 11.9 Å². The molecule has 0 aliphatic rings. The molecular formula is C5H9NO5. The van der Waals surface area contributed by atoms with Gasteiger partial charge in [-0.05, 0) is 6.92 Å². The maximum atomic E-state index is 10.1. The lowest BCUT2D eigenvalue weighted by Crippen LogP contribution is -2.51. The quantitative estimate of drug-likeness (QED) is 0.374. The summed E-state index contributed by atoms with van der Waals surface area (Å²) < 4.78 is 0. The highest BCUT2D eigenvalue weighted by molar-refractivity contribution is 5.77. The van der Waals surface area contributed by atoms with E-state index >= 15 is 0 Å². The lowest BCUT2D eigenvalue weighted by Gasteiger charge is -2.17. The Morgan fingerprint density at radius 3 is 2.18 bits per heavy atom. The van der Waals surface area contributed by atoms with Crippen LogP contribution in [0.15, 0.2) is 0 Å². The molecule has 0 aliphatic carbocycles. The summed E-state index contributed by atoms with van der Waals surface area (Å²) in [6, 6.07) is 0. The molecule has 0 aromatic rings. The first-order chi connectivity index (χ1) is 4.86. The second kappa shape index (κ2) is 3.31. The molecule has 0 aromatic carbocycles. The molecule has 0 radical (unpaired) electrons. The van der Waals surface area contributed by atoms with Crippen molar-refractivity contribution in [1.82, 2.24) is 5.32 Å². The van der Waals surface area contributed by atoms with Crippen LogP contribution in [-0.4, -0.2) is 39.5 Å². The summed E-state index contributed by atoms with van der Waals surface area (Å²) in [7, 11) is 0. The van der Waals surface area contributed by atoms with Gasteiger partial charge < -0.3 is 15.3 Å². The molecule has 64 valence electrons. The van der Waals surface area contributed by atoms with Gasteiger partial charge in [-0.3, -0.25) is 10.1 Å². The van der Waals surface area contributed by atoms with Gasteiger partial charge in [0.2, 0.25) is 5.72 Å². The molecule has 6 heteroatoms. The molecular weight excluding hydrogens is 154 g/mol. The Balaban J connectivity index is 3.92. The molecule has 1 unspecified atom stereocenters. The predicted molar refractivity (Wildman–Crippen MR) is 33.9 cm³/mol. The lowest BCUT2D eigenvalue weighted by atomic mass is 10.3. The highest BCUT2D eigenvalue weighted by Gasteiger charge is 2.29. The zero-order valence-corrected chi connectivity index (χ0v) is 5.87. The summed E-state index contributed by atoms with van der Waals surface area (Å²) in [6.07, 6.45) is 0. The van der Waals surface area contributed by atoms with Crippen molar-refractivity contribution in [2.24, 2.45) is 0 Å². The molecule has 0 aromatic heterocycles. The third-order valence-electron chi connectivity index (χ3n) is 1.00. The number of hydrogen-bond acceptors (Lipinski definition) is 4. The molecule has 6 nitrogen and oxygen atoms in total. The fraction of sp³-hybridized carbons (Fsp3) is 0.600. The molecule has 0 saturated heterocycles. The second-order valence-electron chi connectivity index (χ2n) is 2.12. The van der Waals surface area contributed by atoms with Gasteiger partial charge in [0.05, 0.1) is 6.54 Å². The van der Waals surface area contributed by atoms with Crippen LogP contribution in [0.1, 0.15) is 6.92 Å². The number of nitrogens with one attached hydrogen (secondary N) is 1. The zero-order valence-electron chi connectivity index (χ0n) is 5.87. The second-order valence-corrected chi connectivity index (χ2v) is 2.12. The van der Waals surface area contributed by atoms with E-state index in [-0.39, 0.29) is 0 Å². The van der Waals surface area contributed by atoms with E-state index in [9.17, 15) is 9.59 Å². The van der Waals surface area contributed by atoms with Crippen LogP contribution in [0.5, 0.6) is 0 Å². The van der Waals surface area contributed by atoms with E-state index in [2.05, 4.69) is 0 Å². The van der Waals surface area contributed by atoms with Crippen LogP contribution in [0.4, 0.5) is 0 Å². The molecule has 1 atom stereocenters. The highest BCUT2D eigenvalue weighted by atomic mass is 16.4. The minimum absolute atomic E-state index is 0.598. The van der Waals surface area contributed by atoms with E-state index in [1.54, 1.807) is 0 Å². The van der Waals surface area contributed by atoms with Gasteiger partial charge in [-0.25, -0.2) is 4.79 Å². The third kappa shape index (κ3) is 3.54. The molecule has 0 heterocycles. The summed E-state index contributed by atoms with van der Waals surface area (Å²) in [4.78, 5) is 20.0. The Kier molecular flexibility index (Phi) is 2.97. The minimum atomic E-state index is -2.18. The molecule has 0 fully saturated rings. The third-order valence-corrected chi connectivity index (χ3v) is 1.00. The normalized spacial score (nSPS) is 15.5. The first-order valence-corrected chi connectivity index (χ1v) is 2.79. The van der Waals surface area contributed by atoms with Crippen molar-refractivity contribution in [2.75, 3.05) is 6.54 Å². The van der Waals surface area contributed by atoms with Crippen molar-refractivity contribution in [3.05, 3.63) is 0 Å². The van der Waals surface area contributed by atoms with Gasteiger partial charge in [0.1, 0.15) is 0 Å². The number of hydrogen-bond donors (Lipinski definition) is 4. The summed E-state index contributed by atoms with van der Waals surface area (Å²) in [5.41, 5.74) is -2.18. The Morgan fingerprint density at radius 1 is 1.45 bits per heavy atom. The molecule has 4 N–H and O–H groups in total. The topological polar surface area (TPSA) is 107 Å². The van der Waals surface area contributed by atoms with Crippen LogP contribution >= 0.6 is 0 Å². The zero-order chi connectivity index (χ0) is 9.07. The van der Waals surface area contributed by atoms with Gasteiger partial charge in [-0.1, -0.05) is 0 Å². The van der Waals surface area contributed by atoms with E-state index in [0.29, 0.717) is 0 Å². The van der Waals surface area contributed by atoms with E-state index in [0.717, 1.165) is 6.92 Å². The maximum absolute atomic E-state index is 10.1. The molecule has 0 spiro atoms. The summed E-state index contributed by atoms with van der Waals surface area (Å²) in [6.45, 7) is 0.359.